The molecule has 0 fully saturated rings. The molecule has 1 heterocycles. The summed E-state index contributed by atoms with van der Waals surface area (Å²) in [6.45, 7) is 3.92. The topological polar surface area (TPSA) is 95.1 Å². The van der Waals surface area contributed by atoms with Gasteiger partial charge in [0.05, 0.1) is 24.0 Å². The molecule has 0 spiro atoms. The second-order valence-electron chi connectivity index (χ2n) is 4.32. The third-order valence-electron chi connectivity index (χ3n) is 3.34. The molecule has 0 atom stereocenters. The predicted molar refractivity (Wildman–Crippen MR) is 65.7 cm³/mol. The molecule has 0 aliphatic carbocycles. The molecule has 0 aromatic carbocycles. The van der Waals surface area contributed by atoms with Crippen molar-refractivity contribution in [3.8, 4) is 0 Å². The van der Waals surface area contributed by atoms with Crippen LogP contribution < -0.4 is 5.32 Å². The first kappa shape index (κ1) is 14.2. The van der Waals surface area contributed by atoms with E-state index in [1.54, 1.807) is 20.0 Å². The largest absolute Gasteiger partial charge is 0.481 e. The maximum Gasteiger partial charge on any atom is 0.310 e. The first-order chi connectivity index (χ1) is 8.54. The van der Waals surface area contributed by atoms with E-state index in [1.165, 1.54) is 6.33 Å². The van der Waals surface area contributed by atoms with Crippen molar-refractivity contribution >= 4 is 11.9 Å². The lowest BCUT2D eigenvalue weighted by atomic mass is 9.79. The van der Waals surface area contributed by atoms with Crippen LogP contribution in [0.25, 0.3) is 0 Å². The van der Waals surface area contributed by atoms with E-state index in [0.29, 0.717) is 19.4 Å². The van der Waals surface area contributed by atoms with Crippen LogP contribution in [-0.4, -0.2) is 27.0 Å². The smallest absolute Gasteiger partial charge is 0.310 e. The van der Waals surface area contributed by atoms with E-state index >= 15 is 0 Å². The summed E-state index contributed by atoms with van der Waals surface area (Å²) in [7, 11) is 0. The van der Waals surface area contributed by atoms with E-state index in [-0.39, 0.29) is 12.3 Å². The van der Waals surface area contributed by atoms with E-state index in [2.05, 4.69) is 15.3 Å². The average Bonchev–Trinajstić information content (AvgIpc) is 2.86. The Kier molecular flexibility index (Phi) is 4.88. The molecule has 0 bridgehead atoms. The van der Waals surface area contributed by atoms with Crippen LogP contribution in [-0.2, 0) is 16.1 Å². The molecule has 3 N–H and O–H groups in total. The van der Waals surface area contributed by atoms with Crippen molar-refractivity contribution < 1.29 is 14.7 Å². The van der Waals surface area contributed by atoms with Crippen molar-refractivity contribution in [3.05, 3.63) is 18.2 Å². The van der Waals surface area contributed by atoms with E-state index in [1.807, 2.05) is 0 Å². The minimum absolute atomic E-state index is 0.00344. The SMILES string of the molecule is CCC(CC)(CC(=O)NCc1cnc[nH]1)C(=O)O. The fourth-order valence-electron chi connectivity index (χ4n) is 1.82. The summed E-state index contributed by atoms with van der Waals surface area (Å²) in [6.07, 6.45) is 4.03. The van der Waals surface area contributed by atoms with Gasteiger partial charge in [0.15, 0.2) is 0 Å². The van der Waals surface area contributed by atoms with Gasteiger partial charge in [-0.05, 0) is 12.8 Å². The molecule has 0 unspecified atom stereocenters. The van der Waals surface area contributed by atoms with Crippen molar-refractivity contribution in [2.75, 3.05) is 0 Å². The molecular weight excluding hydrogens is 234 g/mol. The van der Waals surface area contributed by atoms with E-state index < -0.39 is 11.4 Å². The zero-order valence-corrected chi connectivity index (χ0v) is 10.7. The van der Waals surface area contributed by atoms with Gasteiger partial charge in [0.25, 0.3) is 0 Å². The third-order valence-corrected chi connectivity index (χ3v) is 3.34. The van der Waals surface area contributed by atoms with Crippen LogP contribution >= 0.6 is 0 Å². The third kappa shape index (κ3) is 3.32. The highest BCUT2D eigenvalue weighted by Crippen LogP contribution is 2.30. The molecule has 6 heteroatoms. The molecule has 1 rings (SSSR count). The van der Waals surface area contributed by atoms with Crippen LogP contribution in [0.15, 0.2) is 12.5 Å². The quantitative estimate of drug-likeness (QED) is 0.682. The number of nitrogens with one attached hydrogen (secondary N) is 2. The Balaban J connectivity index is 2.54. The van der Waals surface area contributed by atoms with Crippen molar-refractivity contribution in [3.63, 3.8) is 0 Å². The Hall–Kier alpha value is -1.85. The van der Waals surface area contributed by atoms with E-state index in [0.717, 1.165) is 5.69 Å². The van der Waals surface area contributed by atoms with Crippen LogP contribution in [0.2, 0.25) is 0 Å². The number of carbonyl (C=O) groups excluding carboxylic acids is 1. The summed E-state index contributed by atoms with van der Waals surface area (Å²) < 4.78 is 0. The number of hydrogen-bond donors (Lipinski definition) is 3. The van der Waals surface area contributed by atoms with E-state index in [4.69, 9.17) is 0 Å². The number of aliphatic carboxylic acids is 1. The summed E-state index contributed by atoms with van der Waals surface area (Å²) in [4.78, 5) is 29.7. The number of carbonyl (C=O) groups is 2. The molecular formula is C12H19N3O3. The average molecular weight is 253 g/mol. The van der Waals surface area contributed by atoms with E-state index in [9.17, 15) is 14.7 Å². The van der Waals surface area contributed by atoms with Crippen LogP contribution in [0.4, 0.5) is 0 Å². The molecule has 6 nitrogen and oxygen atoms in total. The Labute approximate surface area is 106 Å². The first-order valence-corrected chi connectivity index (χ1v) is 6.01. The lowest BCUT2D eigenvalue weighted by molar-refractivity contribution is -0.152. The summed E-state index contributed by atoms with van der Waals surface area (Å²) in [5.74, 6) is -1.17. The summed E-state index contributed by atoms with van der Waals surface area (Å²) in [6, 6.07) is 0. The molecule has 100 valence electrons. The Bertz CT molecular complexity index is 397. The molecule has 1 aromatic heterocycles. The summed E-state index contributed by atoms with van der Waals surface area (Å²) in [5.41, 5.74) is -0.171. The monoisotopic (exact) mass is 253 g/mol. The van der Waals surface area contributed by atoms with Crippen LogP contribution in [0.3, 0.4) is 0 Å². The second kappa shape index (κ2) is 6.18. The van der Waals surface area contributed by atoms with Gasteiger partial charge in [-0.25, -0.2) is 4.98 Å². The number of H-pyrrole nitrogens is 1. The normalized spacial score (nSPS) is 11.2. The number of aromatic amines is 1. The van der Waals surface area contributed by atoms with Gasteiger partial charge in [0.2, 0.25) is 5.91 Å². The number of carboxylic acids is 1. The van der Waals surface area contributed by atoms with Crippen LogP contribution in [0, 0.1) is 5.41 Å². The lowest BCUT2D eigenvalue weighted by Gasteiger charge is -2.25. The number of hydrogen-bond acceptors (Lipinski definition) is 3. The highest BCUT2D eigenvalue weighted by Gasteiger charge is 2.36. The number of rotatable bonds is 7. The molecule has 0 saturated heterocycles. The number of amides is 1. The lowest BCUT2D eigenvalue weighted by Crippen LogP contribution is -2.36. The molecule has 0 saturated carbocycles. The van der Waals surface area contributed by atoms with Crippen molar-refractivity contribution in [1.82, 2.24) is 15.3 Å². The van der Waals surface area contributed by atoms with Gasteiger partial charge in [-0.15, -0.1) is 0 Å². The molecule has 1 aromatic rings. The Morgan fingerprint density at radius 2 is 2.11 bits per heavy atom. The Morgan fingerprint density at radius 1 is 1.44 bits per heavy atom. The maximum atomic E-state index is 11.8. The molecule has 0 aliphatic rings. The summed E-state index contributed by atoms with van der Waals surface area (Å²) in [5, 5.41) is 11.9. The van der Waals surface area contributed by atoms with Crippen molar-refractivity contribution in [2.45, 2.75) is 39.7 Å². The molecule has 18 heavy (non-hydrogen) atoms. The second-order valence-corrected chi connectivity index (χ2v) is 4.32. The summed E-state index contributed by atoms with van der Waals surface area (Å²) >= 11 is 0. The van der Waals surface area contributed by atoms with Gasteiger partial charge in [-0.1, -0.05) is 13.8 Å². The van der Waals surface area contributed by atoms with Gasteiger partial charge >= 0.3 is 5.97 Å². The zero-order chi connectivity index (χ0) is 13.6. The fraction of sp³-hybridized carbons (Fsp3) is 0.583. The van der Waals surface area contributed by atoms with Crippen molar-refractivity contribution in [1.29, 1.82) is 0 Å². The van der Waals surface area contributed by atoms with Crippen LogP contribution in [0.5, 0.6) is 0 Å². The number of nitrogens with zero attached hydrogens (tertiary/aromatic N) is 1. The number of imidazole rings is 1. The molecule has 0 radical (unpaired) electrons. The zero-order valence-electron chi connectivity index (χ0n) is 10.7. The maximum absolute atomic E-state index is 11.8. The van der Waals surface area contributed by atoms with Gasteiger partial charge < -0.3 is 15.4 Å². The molecule has 1 amide bonds. The van der Waals surface area contributed by atoms with Crippen LogP contribution in [0.1, 0.15) is 38.8 Å². The highest BCUT2D eigenvalue weighted by molar-refractivity contribution is 5.84. The van der Waals surface area contributed by atoms with Crippen molar-refractivity contribution in [2.24, 2.45) is 5.41 Å². The number of carboxylic acid groups (broad SMARTS) is 1. The number of aromatic nitrogens is 2. The first-order valence-electron chi connectivity index (χ1n) is 6.01. The van der Waals surface area contributed by atoms with Gasteiger partial charge in [-0.3, -0.25) is 9.59 Å². The Morgan fingerprint density at radius 3 is 2.56 bits per heavy atom. The minimum atomic E-state index is -0.960. The standard InChI is InChI=1S/C12H19N3O3/c1-3-12(4-2,11(17)18)5-10(16)14-7-9-6-13-8-15-9/h6,8H,3-5,7H2,1-2H3,(H,13,15)(H,14,16)(H,17,18). The van der Waals surface area contributed by atoms with Gasteiger partial charge in [0, 0.05) is 12.6 Å². The minimum Gasteiger partial charge on any atom is -0.481 e. The highest BCUT2D eigenvalue weighted by atomic mass is 16.4. The predicted octanol–water partition coefficient (Wildman–Crippen LogP) is 1.31. The molecule has 0 aliphatic heterocycles. The van der Waals surface area contributed by atoms with Gasteiger partial charge in [-0.2, -0.15) is 0 Å². The fourth-order valence-corrected chi connectivity index (χ4v) is 1.82. The van der Waals surface area contributed by atoms with Gasteiger partial charge in [0.1, 0.15) is 0 Å².